The Kier molecular flexibility index (Phi) is 3.48. The lowest BCUT2D eigenvalue weighted by molar-refractivity contribution is 0.663. The van der Waals surface area contributed by atoms with Crippen molar-refractivity contribution in [3.63, 3.8) is 0 Å². The molecule has 0 aliphatic rings. The summed E-state index contributed by atoms with van der Waals surface area (Å²) in [4.78, 5) is 4.65. The molecule has 2 aromatic heterocycles. The van der Waals surface area contributed by atoms with E-state index in [0.29, 0.717) is 5.25 Å². The lowest BCUT2D eigenvalue weighted by atomic mass is 10.3. The lowest BCUT2D eigenvalue weighted by Crippen LogP contribution is -2.03. The van der Waals surface area contributed by atoms with Crippen molar-refractivity contribution in [1.29, 1.82) is 0 Å². The Balaban J connectivity index is 1.72. The molecule has 0 unspecified atom stereocenters. The molecule has 1 atom stereocenters. The van der Waals surface area contributed by atoms with Crippen molar-refractivity contribution in [2.24, 2.45) is 7.05 Å². The number of rotatable bonds is 4. The van der Waals surface area contributed by atoms with E-state index >= 15 is 0 Å². The van der Waals surface area contributed by atoms with E-state index in [1.165, 1.54) is 4.70 Å². The molecular formula is C12H13N5S2. The first kappa shape index (κ1) is 12.6. The number of benzene rings is 1. The fourth-order valence-electron chi connectivity index (χ4n) is 1.80. The standard InChI is InChI=1S/C12H13N5S2/c1-8(18-12-14-15-16-17(12)2)7-11-13-9-5-3-4-6-10(9)19-11/h3-6,8H,7H2,1-2H3/t8-/m0/s1. The Morgan fingerprint density at radius 2 is 2.21 bits per heavy atom. The molecule has 0 saturated carbocycles. The highest BCUT2D eigenvalue weighted by atomic mass is 32.2. The Morgan fingerprint density at radius 3 is 2.95 bits per heavy atom. The molecule has 0 aliphatic carbocycles. The number of tetrazole rings is 1. The number of aryl methyl sites for hydroxylation is 1. The van der Waals surface area contributed by atoms with Gasteiger partial charge < -0.3 is 0 Å². The van der Waals surface area contributed by atoms with Gasteiger partial charge in [-0.05, 0) is 22.6 Å². The van der Waals surface area contributed by atoms with Crippen LogP contribution < -0.4 is 0 Å². The minimum Gasteiger partial charge on any atom is -0.241 e. The molecule has 98 valence electrons. The number of hydrogen-bond donors (Lipinski definition) is 0. The summed E-state index contributed by atoms with van der Waals surface area (Å²) in [7, 11) is 1.85. The molecule has 3 rings (SSSR count). The normalized spacial score (nSPS) is 12.9. The van der Waals surface area contributed by atoms with Gasteiger partial charge >= 0.3 is 0 Å². The predicted octanol–water partition coefficient (Wildman–Crippen LogP) is 2.54. The Morgan fingerprint density at radius 1 is 1.37 bits per heavy atom. The summed E-state index contributed by atoms with van der Waals surface area (Å²) in [5.74, 6) is 0. The fraction of sp³-hybridized carbons (Fsp3) is 0.333. The zero-order valence-corrected chi connectivity index (χ0v) is 12.3. The molecular weight excluding hydrogens is 278 g/mol. The van der Waals surface area contributed by atoms with Gasteiger partial charge in [0, 0.05) is 18.7 Å². The summed E-state index contributed by atoms with van der Waals surface area (Å²) in [6.07, 6.45) is 0.927. The van der Waals surface area contributed by atoms with Gasteiger partial charge in [-0.3, -0.25) is 0 Å². The van der Waals surface area contributed by atoms with E-state index in [0.717, 1.165) is 22.1 Å². The molecule has 0 spiro atoms. The second kappa shape index (κ2) is 5.26. The largest absolute Gasteiger partial charge is 0.241 e. The lowest BCUT2D eigenvalue weighted by Gasteiger charge is -2.06. The third-order valence-corrected chi connectivity index (χ3v) is 4.87. The van der Waals surface area contributed by atoms with Crippen molar-refractivity contribution in [1.82, 2.24) is 25.2 Å². The molecule has 1 aromatic carbocycles. The number of fused-ring (bicyclic) bond motifs is 1. The molecule has 2 heterocycles. The molecule has 0 N–H and O–H groups in total. The van der Waals surface area contributed by atoms with Crippen LogP contribution in [0.2, 0.25) is 0 Å². The van der Waals surface area contributed by atoms with Gasteiger partial charge in [0.05, 0.1) is 15.2 Å². The van der Waals surface area contributed by atoms with Crippen LogP contribution in [0, 0.1) is 0 Å². The first-order chi connectivity index (χ1) is 9.22. The highest BCUT2D eigenvalue weighted by molar-refractivity contribution is 7.99. The number of nitrogens with zero attached hydrogens (tertiary/aromatic N) is 5. The molecule has 0 saturated heterocycles. The molecule has 0 bridgehead atoms. The predicted molar refractivity (Wildman–Crippen MR) is 77.4 cm³/mol. The van der Waals surface area contributed by atoms with Crippen LogP contribution in [0.1, 0.15) is 11.9 Å². The number of thioether (sulfide) groups is 1. The van der Waals surface area contributed by atoms with Crippen LogP contribution in [-0.4, -0.2) is 30.4 Å². The monoisotopic (exact) mass is 291 g/mol. The quantitative estimate of drug-likeness (QED) is 0.691. The van der Waals surface area contributed by atoms with Gasteiger partial charge in [-0.2, -0.15) is 0 Å². The summed E-state index contributed by atoms with van der Waals surface area (Å²) in [6, 6.07) is 8.24. The topological polar surface area (TPSA) is 56.5 Å². The van der Waals surface area contributed by atoms with Gasteiger partial charge in [0.25, 0.3) is 0 Å². The molecule has 19 heavy (non-hydrogen) atoms. The van der Waals surface area contributed by atoms with Crippen molar-refractivity contribution in [2.45, 2.75) is 23.8 Å². The number of para-hydroxylation sites is 1. The molecule has 0 radical (unpaired) electrons. The zero-order chi connectivity index (χ0) is 13.2. The van der Waals surface area contributed by atoms with E-state index in [-0.39, 0.29) is 0 Å². The van der Waals surface area contributed by atoms with Crippen LogP contribution in [0.25, 0.3) is 10.2 Å². The minimum absolute atomic E-state index is 0.394. The molecule has 0 amide bonds. The first-order valence-corrected chi connectivity index (χ1v) is 7.65. The van der Waals surface area contributed by atoms with Crippen molar-refractivity contribution < 1.29 is 0 Å². The van der Waals surface area contributed by atoms with Crippen LogP contribution in [0.4, 0.5) is 0 Å². The van der Waals surface area contributed by atoms with E-state index in [9.17, 15) is 0 Å². The third kappa shape index (κ3) is 2.76. The van der Waals surface area contributed by atoms with Crippen LogP contribution in [0.5, 0.6) is 0 Å². The zero-order valence-electron chi connectivity index (χ0n) is 10.6. The summed E-state index contributed by atoms with van der Waals surface area (Å²) in [5, 5.41) is 13.9. The van der Waals surface area contributed by atoms with Crippen molar-refractivity contribution in [3.8, 4) is 0 Å². The first-order valence-electron chi connectivity index (χ1n) is 5.96. The number of aromatic nitrogens is 5. The Bertz CT molecular complexity index is 657. The Labute approximate surface area is 119 Å². The van der Waals surface area contributed by atoms with E-state index in [1.54, 1.807) is 27.8 Å². The van der Waals surface area contributed by atoms with E-state index < -0.39 is 0 Å². The summed E-state index contributed by atoms with van der Waals surface area (Å²) >= 11 is 3.43. The van der Waals surface area contributed by atoms with Gasteiger partial charge in [0.1, 0.15) is 0 Å². The average Bonchev–Trinajstić information content (AvgIpc) is 2.95. The van der Waals surface area contributed by atoms with Crippen molar-refractivity contribution >= 4 is 33.3 Å². The van der Waals surface area contributed by atoms with Gasteiger partial charge in [0.2, 0.25) is 5.16 Å². The van der Waals surface area contributed by atoms with Crippen molar-refractivity contribution in [2.75, 3.05) is 0 Å². The molecule has 3 aromatic rings. The Hall–Kier alpha value is -1.47. The maximum Gasteiger partial charge on any atom is 0.209 e. The van der Waals surface area contributed by atoms with Crippen molar-refractivity contribution in [3.05, 3.63) is 29.3 Å². The highest BCUT2D eigenvalue weighted by Crippen LogP contribution is 2.27. The molecule has 0 fully saturated rings. The summed E-state index contributed by atoms with van der Waals surface area (Å²) in [6.45, 7) is 2.17. The molecule has 7 heteroatoms. The smallest absolute Gasteiger partial charge is 0.209 e. The average molecular weight is 291 g/mol. The van der Waals surface area contributed by atoms with E-state index in [4.69, 9.17) is 0 Å². The second-order valence-corrected chi connectivity index (χ2v) is 6.81. The second-order valence-electron chi connectivity index (χ2n) is 4.29. The molecule has 0 aliphatic heterocycles. The number of thiazole rings is 1. The van der Waals surface area contributed by atoms with Crippen LogP contribution in [0.15, 0.2) is 29.4 Å². The fourth-order valence-corrected chi connectivity index (χ4v) is 3.87. The van der Waals surface area contributed by atoms with Gasteiger partial charge in [-0.1, -0.05) is 30.8 Å². The summed E-state index contributed by atoms with van der Waals surface area (Å²) < 4.78 is 2.94. The van der Waals surface area contributed by atoms with Gasteiger partial charge in [0.15, 0.2) is 0 Å². The van der Waals surface area contributed by atoms with Gasteiger partial charge in [-0.25, -0.2) is 9.67 Å². The maximum atomic E-state index is 4.65. The van der Waals surface area contributed by atoms with Crippen LogP contribution >= 0.6 is 23.1 Å². The van der Waals surface area contributed by atoms with Gasteiger partial charge in [-0.15, -0.1) is 16.4 Å². The summed E-state index contributed by atoms with van der Waals surface area (Å²) in [5.41, 5.74) is 1.08. The molecule has 5 nitrogen and oxygen atoms in total. The van der Waals surface area contributed by atoms with E-state index in [2.05, 4.69) is 39.6 Å². The minimum atomic E-state index is 0.394. The van der Waals surface area contributed by atoms with E-state index in [1.807, 2.05) is 19.2 Å². The van der Waals surface area contributed by atoms with Crippen LogP contribution in [-0.2, 0) is 13.5 Å². The maximum absolute atomic E-state index is 4.65. The third-order valence-electron chi connectivity index (χ3n) is 2.69. The highest BCUT2D eigenvalue weighted by Gasteiger charge is 2.13. The number of hydrogen-bond acceptors (Lipinski definition) is 6. The SMILES string of the molecule is C[C@@H](Cc1nc2ccccc2s1)Sc1nnnn1C. The van der Waals surface area contributed by atoms with Crippen LogP contribution in [0.3, 0.4) is 0 Å².